The fourth-order valence-electron chi connectivity index (χ4n) is 1.76. The average Bonchev–Trinajstić information content (AvgIpc) is 2.75. The highest BCUT2D eigenvalue weighted by Gasteiger charge is 2.20. The molecule has 14 heavy (non-hydrogen) atoms. The summed E-state index contributed by atoms with van der Waals surface area (Å²) in [5, 5.41) is 3.12. The molecule has 1 unspecified atom stereocenters. The van der Waals surface area contributed by atoms with Crippen LogP contribution >= 0.6 is 0 Å². The van der Waals surface area contributed by atoms with Crippen molar-refractivity contribution in [2.75, 3.05) is 32.5 Å². The molecule has 1 N–H and O–H groups in total. The summed E-state index contributed by atoms with van der Waals surface area (Å²) in [5.41, 5.74) is 1.34. The van der Waals surface area contributed by atoms with Gasteiger partial charge in [-0.1, -0.05) is 18.1 Å². The Balaban J connectivity index is 2.38. The van der Waals surface area contributed by atoms with Crippen molar-refractivity contribution < 1.29 is 5.48 Å². The Bertz CT molecular complexity index is 474. The average molecular weight is 194 g/mol. The highest BCUT2D eigenvalue weighted by Crippen LogP contribution is 2.32. The van der Waals surface area contributed by atoms with Crippen LogP contribution < -0.4 is 5.32 Å². The minimum absolute atomic E-state index is 0.0540. The van der Waals surface area contributed by atoms with Crippen LogP contribution in [-0.4, -0.2) is 32.1 Å². The molecule has 0 radical (unpaired) electrons. The third-order valence-corrected chi connectivity index (χ3v) is 2.57. The zero-order valence-electron chi connectivity index (χ0n) is 12.6. The van der Waals surface area contributed by atoms with E-state index in [0.717, 1.165) is 18.5 Å². The number of anilines is 1. The minimum atomic E-state index is -0.153. The van der Waals surface area contributed by atoms with Crippen molar-refractivity contribution >= 4 is 5.69 Å². The highest BCUT2D eigenvalue weighted by atomic mass is 15.0. The van der Waals surface area contributed by atoms with Gasteiger partial charge in [-0.25, -0.2) is 0 Å². The molecule has 2 heteroatoms. The van der Waals surface area contributed by atoms with E-state index < -0.39 is 0 Å². The van der Waals surface area contributed by atoms with Gasteiger partial charge in [0.1, 0.15) is 0 Å². The SMILES string of the molecule is [2H]c1c([2H])c([2H])c2c(c1[2H])NCC2CCN(C)C. The zero-order valence-corrected chi connectivity index (χ0v) is 8.65. The van der Waals surface area contributed by atoms with E-state index >= 15 is 0 Å². The molecule has 1 aromatic carbocycles. The molecule has 0 amide bonds. The van der Waals surface area contributed by atoms with Crippen molar-refractivity contribution in [2.45, 2.75) is 12.3 Å². The van der Waals surface area contributed by atoms with Gasteiger partial charge in [0.05, 0.1) is 5.48 Å². The third-order valence-electron chi connectivity index (χ3n) is 2.57. The number of fused-ring (bicyclic) bond motifs is 1. The molecule has 0 bridgehead atoms. The molecule has 1 aliphatic heterocycles. The third kappa shape index (κ3) is 1.90. The standard InChI is InChI=1S/C12H18N2/c1-14(2)8-7-10-9-13-12-6-4-3-5-11(10)12/h3-6,10,13H,7-9H2,1-2H3/i3D,4D,5D,6D. The summed E-state index contributed by atoms with van der Waals surface area (Å²) in [7, 11) is 4.01. The number of benzene rings is 1. The summed E-state index contributed by atoms with van der Waals surface area (Å²) in [6, 6.07) is -0.116. The maximum absolute atomic E-state index is 7.99. The number of rotatable bonds is 3. The van der Waals surface area contributed by atoms with Crippen molar-refractivity contribution in [1.82, 2.24) is 4.90 Å². The summed E-state index contributed by atoms with van der Waals surface area (Å²) < 4.78 is 31.2. The Morgan fingerprint density at radius 1 is 1.50 bits per heavy atom. The summed E-state index contributed by atoms with van der Waals surface area (Å²) in [6.45, 7) is 1.61. The fraction of sp³-hybridized carbons (Fsp3) is 0.500. The molecule has 0 saturated heterocycles. The van der Waals surface area contributed by atoms with Gasteiger partial charge >= 0.3 is 0 Å². The van der Waals surface area contributed by atoms with Gasteiger partial charge in [-0.05, 0) is 38.7 Å². The van der Waals surface area contributed by atoms with Crippen molar-refractivity contribution in [3.63, 3.8) is 0 Å². The maximum Gasteiger partial charge on any atom is 0.0645 e. The number of hydrogen-bond donors (Lipinski definition) is 1. The summed E-state index contributed by atoms with van der Waals surface area (Å²) in [4.78, 5) is 2.09. The van der Waals surface area contributed by atoms with E-state index in [1.807, 2.05) is 14.1 Å². The molecule has 1 atom stereocenters. The minimum Gasteiger partial charge on any atom is -0.384 e. The first kappa shape index (κ1) is 5.76. The molecule has 1 aliphatic rings. The van der Waals surface area contributed by atoms with E-state index in [4.69, 9.17) is 5.48 Å². The zero-order chi connectivity index (χ0) is 13.4. The summed E-state index contributed by atoms with van der Waals surface area (Å²) in [6.07, 6.45) is 0.898. The van der Waals surface area contributed by atoms with Gasteiger partial charge in [0.2, 0.25) is 0 Å². The van der Waals surface area contributed by atoms with Crippen LogP contribution in [0.1, 0.15) is 23.4 Å². The lowest BCUT2D eigenvalue weighted by atomic mass is 9.98. The Morgan fingerprint density at radius 2 is 2.29 bits per heavy atom. The van der Waals surface area contributed by atoms with Gasteiger partial charge in [-0.15, -0.1) is 0 Å². The smallest absolute Gasteiger partial charge is 0.0645 e. The normalized spacial score (nSPS) is 23.5. The molecule has 76 valence electrons. The largest absolute Gasteiger partial charge is 0.384 e. The van der Waals surface area contributed by atoms with E-state index in [9.17, 15) is 0 Å². The van der Waals surface area contributed by atoms with Gasteiger partial charge < -0.3 is 10.2 Å². The van der Waals surface area contributed by atoms with Gasteiger partial charge in [0.15, 0.2) is 0 Å². The van der Waals surface area contributed by atoms with Crippen molar-refractivity contribution in [2.24, 2.45) is 0 Å². The van der Waals surface area contributed by atoms with E-state index in [2.05, 4.69) is 10.2 Å². The van der Waals surface area contributed by atoms with Crippen molar-refractivity contribution in [1.29, 1.82) is 0 Å². The van der Waals surface area contributed by atoms with E-state index in [0.29, 0.717) is 12.2 Å². The molecule has 0 spiro atoms. The second kappa shape index (κ2) is 4.01. The molecular formula is C12H18N2. The van der Waals surface area contributed by atoms with Crippen LogP contribution in [-0.2, 0) is 0 Å². The monoisotopic (exact) mass is 194 g/mol. The van der Waals surface area contributed by atoms with Gasteiger partial charge in [0.25, 0.3) is 0 Å². The Morgan fingerprint density at radius 3 is 3.07 bits per heavy atom. The Hall–Kier alpha value is -1.02. The van der Waals surface area contributed by atoms with Gasteiger partial charge in [0, 0.05) is 18.2 Å². The predicted molar refractivity (Wildman–Crippen MR) is 60.8 cm³/mol. The molecule has 1 heterocycles. The van der Waals surface area contributed by atoms with E-state index in [-0.39, 0.29) is 30.1 Å². The lowest BCUT2D eigenvalue weighted by Gasteiger charge is -2.14. The lowest BCUT2D eigenvalue weighted by molar-refractivity contribution is 0.386. The summed E-state index contributed by atoms with van der Waals surface area (Å²) in [5.74, 6) is 0.170. The van der Waals surface area contributed by atoms with Crippen molar-refractivity contribution in [3.05, 3.63) is 29.7 Å². The van der Waals surface area contributed by atoms with Crippen LogP contribution in [0.5, 0.6) is 0 Å². The Labute approximate surface area is 91.5 Å². The second-order valence-corrected chi connectivity index (χ2v) is 3.96. The first-order chi connectivity index (χ1) is 8.43. The fourth-order valence-corrected chi connectivity index (χ4v) is 1.76. The maximum atomic E-state index is 7.99. The topological polar surface area (TPSA) is 15.3 Å². The Kier molecular flexibility index (Phi) is 1.65. The molecule has 0 aliphatic carbocycles. The van der Waals surface area contributed by atoms with E-state index in [1.165, 1.54) is 0 Å². The number of para-hydroxylation sites is 1. The second-order valence-electron chi connectivity index (χ2n) is 3.96. The molecule has 0 saturated carbocycles. The molecule has 0 aromatic heterocycles. The quantitative estimate of drug-likeness (QED) is 0.793. The first-order valence-electron chi connectivity index (χ1n) is 6.92. The lowest BCUT2D eigenvalue weighted by Crippen LogP contribution is -2.16. The molecule has 2 nitrogen and oxygen atoms in total. The summed E-state index contributed by atoms with van der Waals surface area (Å²) >= 11 is 0. The van der Waals surface area contributed by atoms with Crippen LogP contribution in [0, 0.1) is 0 Å². The molecule has 1 aromatic rings. The molecule has 0 fully saturated rings. The van der Waals surface area contributed by atoms with E-state index in [1.54, 1.807) is 0 Å². The van der Waals surface area contributed by atoms with Crippen LogP contribution in [0.15, 0.2) is 24.2 Å². The molecular weight excluding hydrogens is 172 g/mol. The van der Waals surface area contributed by atoms with Gasteiger partial charge in [-0.3, -0.25) is 0 Å². The first-order valence-corrected chi connectivity index (χ1v) is 4.92. The highest BCUT2D eigenvalue weighted by molar-refractivity contribution is 5.57. The van der Waals surface area contributed by atoms with Crippen LogP contribution in [0.25, 0.3) is 0 Å². The number of hydrogen-bond acceptors (Lipinski definition) is 2. The van der Waals surface area contributed by atoms with Crippen LogP contribution in [0.2, 0.25) is 0 Å². The predicted octanol–water partition coefficient (Wildman–Crippen LogP) is 2.15. The van der Waals surface area contributed by atoms with Crippen LogP contribution in [0.4, 0.5) is 5.69 Å². The number of nitrogens with one attached hydrogen (secondary N) is 1. The molecule has 2 rings (SSSR count). The van der Waals surface area contributed by atoms with Crippen LogP contribution in [0.3, 0.4) is 0 Å². The van der Waals surface area contributed by atoms with Gasteiger partial charge in [-0.2, -0.15) is 0 Å². The number of nitrogens with zero attached hydrogens (tertiary/aromatic N) is 1. The van der Waals surface area contributed by atoms with Crippen molar-refractivity contribution in [3.8, 4) is 0 Å².